The van der Waals surface area contributed by atoms with Gasteiger partial charge >= 0.3 is 0 Å². The summed E-state index contributed by atoms with van der Waals surface area (Å²) in [6.07, 6.45) is 3.45. The third kappa shape index (κ3) is 2.00. The van der Waals surface area contributed by atoms with Crippen molar-refractivity contribution in [3.8, 4) is 0 Å². The zero-order valence-electron chi connectivity index (χ0n) is 9.82. The van der Waals surface area contributed by atoms with Crippen molar-refractivity contribution in [3.05, 3.63) is 73.1 Å². The van der Waals surface area contributed by atoms with E-state index in [0.29, 0.717) is 0 Å². The Labute approximate surface area is 105 Å². The van der Waals surface area contributed by atoms with Crippen LogP contribution in [0.5, 0.6) is 0 Å². The monoisotopic (exact) mass is 232 g/mol. The lowest BCUT2D eigenvalue weighted by molar-refractivity contribution is 1.30. The maximum Gasteiger partial charge on any atom is 0.0965 e. The highest BCUT2D eigenvalue weighted by Crippen LogP contribution is 2.19. The van der Waals surface area contributed by atoms with Crippen LogP contribution in [0.2, 0.25) is 0 Å². The summed E-state index contributed by atoms with van der Waals surface area (Å²) < 4.78 is 0. The molecule has 0 amide bonds. The molecule has 0 aliphatic rings. The van der Waals surface area contributed by atoms with Gasteiger partial charge in [0.2, 0.25) is 0 Å². The molecule has 2 aromatic carbocycles. The minimum atomic E-state index is 0.922. The predicted molar refractivity (Wildman–Crippen MR) is 74.7 cm³/mol. The third-order valence-corrected chi connectivity index (χ3v) is 2.81. The minimum Gasteiger partial charge on any atom is -0.253 e. The van der Waals surface area contributed by atoms with E-state index >= 15 is 0 Å². The minimum absolute atomic E-state index is 0.922. The SMILES string of the molecule is c1ccccc2c(ccc1)ccc1nccnc12. The fourth-order valence-corrected chi connectivity index (χ4v) is 1.96. The van der Waals surface area contributed by atoms with Crippen LogP contribution in [0.3, 0.4) is 0 Å². The lowest BCUT2D eigenvalue weighted by atomic mass is 10.1. The summed E-state index contributed by atoms with van der Waals surface area (Å²) in [6.45, 7) is 0. The summed E-state index contributed by atoms with van der Waals surface area (Å²) in [5, 5.41) is 2.26. The Kier molecular flexibility index (Phi) is 2.84. The standard InChI is InChI=1S/C16H12N2/c1-2-4-6-8-14-13(7-5-3-1)9-10-15-16(14)18-12-11-17-15/h1-12H. The number of aromatic nitrogens is 2. The molecule has 0 fully saturated rings. The average Bonchev–Trinajstić information content (AvgIpc) is 2.44. The maximum atomic E-state index is 4.43. The first-order chi connectivity index (χ1) is 8.95. The Bertz CT molecular complexity index is 743. The molecule has 18 heavy (non-hydrogen) atoms. The highest BCUT2D eigenvalue weighted by atomic mass is 14.8. The van der Waals surface area contributed by atoms with Crippen LogP contribution < -0.4 is 0 Å². The van der Waals surface area contributed by atoms with E-state index in [9.17, 15) is 0 Å². The van der Waals surface area contributed by atoms with Gasteiger partial charge in [-0.25, -0.2) is 0 Å². The summed E-state index contributed by atoms with van der Waals surface area (Å²) in [6, 6.07) is 20.3. The van der Waals surface area contributed by atoms with Gasteiger partial charge in [-0.1, -0.05) is 54.6 Å². The second-order valence-electron chi connectivity index (χ2n) is 3.98. The van der Waals surface area contributed by atoms with Crippen molar-refractivity contribution in [1.29, 1.82) is 0 Å². The molecule has 2 heteroatoms. The van der Waals surface area contributed by atoms with Crippen molar-refractivity contribution in [2.75, 3.05) is 0 Å². The van der Waals surface area contributed by atoms with E-state index in [2.05, 4.69) is 28.2 Å². The number of hydrogen-bond donors (Lipinski definition) is 0. The first kappa shape index (κ1) is 10.7. The van der Waals surface area contributed by atoms with E-state index in [0.717, 1.165) is 21.8 Å². The fraction of sp³-hybridized carbons (Fsp3) is 0. The highest BCUT2D eigenvalue weighted by Gasteiger charge is 1.98. The lowest BCUT2D eigenvalue weighted by Crippen LogP contribution is -1.82. The normalized spacial score (nSPS) is 10.2. The largest absolute Gasteiger partial charge is 0.253 e. The van der Waals surface area contributed by atoms with Crippen LogP contribution in [0.15, 0.2) is 73.1 Å². The molecule has 0 saturated carbocycles. The van der Waals surface area contributed by atoms with Crippen molar-refractivity contribution >= 4 is 21.8 Å². The molecule has 0 spiro atoms. The van der Waals surface area contributed by atoms with Crippen molar-refractivity contribution < 1.29 is 0 Å². The van der Waals surface area contributed by atoms with Gasteiger partial charge in [0.25, 0.3) is 0 Å². The van der Waals surface area contributed by atoms with Gasteiger partial charge in [-0.05, 0) is 11.5 Å². The van der Waals surface area contributed by atoms with Crippen molar-refractivity contribution in [2.45, 2.75) is 0 Å². The summed E-state index contributed by atoms with van der Waals surface area (Å²) in [4.78, 5) is 8.76. The van der Waals surface area contributed by atoms with Crippen LogP contribution >= 0.6 is 0 Å². The average molecular weight is 232 g/mol. The molecule has 3 rings (SSSR count). The quantitative estimate of drug-likeness (QED) is 0.587. The topological polar surface area (TPSA) is 25.8 Å². The number of rotatable bonds is 0. The van der Waals surface area contributed by atoms with Crippen LogP contribution in [-0.4, -0.2) is 9.97 Å². The van der Waals surface area contributed by atoms with Crippen molar-refractivity contribution in [2.24, 2.45) is 0 Å². The van der Waals surface area contributed by atoms with Gasteiger partial charge in [-0.3, -0.25) is 9.97 Å². The van der Waals surface area contributed by atoms with E-state index < -0.39 is 0 Å². The molecule has 0 atom stereocenters. The Balaban J connectivity index is 2.50. The van der Waals surface area contributed by atoms with Crippen LogP contribution in [0, 0.1) is 0 Å². The van der Waals surface area contributed by atoms with Crippen LogP contribution in [-0.2, 0) is 0 Å². The molecule has 1 heterocycles. The second kappa shape index (κ2) is 4.80. The highest BCUT2D eigenvalue weighted by molar-refractivity contribution is 6.03. The lowest BCUT2D eigenvalue weighted by Gasteiger charge is -1.99. The van der Waals surface area contributed by atoms with E-state index in [1.807, 2.05) is 42.5 Å². The molecule has 0 bridgehead atoms. The van der Waals surface area contributed by atoms with E-state index in [-0.39, 0.29) is 0 Å². The third-order valence-electron chi connectivity index (χ3n) is 2.81. The Morgan fingerprint density at radius 3 is 2.22 bits per heavy atom. The molecular weight excluding hydrogens is 220 g/mol. The summed E-state index contributed by atoms with van der Waals surface area (Å²) in [7, 11) is 0. The summed E-state index contributed by atoms with van der Waals surface area (Å²) in [5.74, 6) is 0. The Morgan fingerprint density at radius 1 is 0.611 bits per heavy atom. The van der Waals surface area contributed by atoms with Gasteiger partial charge in [0.05, 0.1) is 11.0 Å². The van der Waals surface area contributed by atoms with Crippen molar-refractivity contribution in [1.82, 2.24) is 9.97 Å². The first-order valence-electron chi connectivity index (χ1n) is 5.87. The van der Waals surface area contributed by atoms with Gasteiger partial charge in [0.15, 0.2) is 0 Å². The Hall–Kier alpha value is -2.48. The molecular formula is C16H12N2. The molecule has 0 aliphatic heterocycles. The summed E-state index contributed by atoms with van der Waals surface area (Å²) in [5.41, 5.74) is 1.86. The molecule has 0 radical (unpaired) electrons. The first-order valence-corrected chi connectivity index (χ1v) is 5.87. The molecule has 86 valence electrons. The maximum absolute atomic E-state index is 4.43. The number of fused-ring (bicyclic) bond motifs is 3. The van der Waals surface area contributed by atoms with E-state index in [1.165, 1.54) is 0 Å². The van der Waals surface area contributed by atoms with Gasteiger partial charge in [-0.15, -0.1) is 0 Å². The zero-order chi connectivity index (χ0) is 12.2. The summed E-state index contributed by atoms with van der Waals surface area (Å²) >= 11 is 0. The Morgan fingerprint density at radius 2 is 1.33 bits per heavy atom. The number of benzene rings is 1. The van der Waals surface area contributed by atoms with Gasteiger partial charge in [0, 0.05) is 17.8 Å². The number of hydrogen-bond acceptors (Lipinski definition) is 2. The van der Waals surface area contributed by atoms with Gasteiger partial charge in [-0.2, -0.15) is 0 Å². The van der Waals surface area contributed by atoms with Crippen LogP contribution in [0.4, 0.5) is 0 Å². The molecule has 3 aromatic rings. The number of nitrogens with zero attached hydrogens (tertiary/aromatic N) is 2. The molecule has 0 N–H and O–H groups in total. The molecule has 0 unspecified atom stereocenters. The second-order valence-corrected chi connectivity index (χ2v) is 3.98. The fourth-order valence-electron chi connectivity index (χ4n) is 1.96. The molecule has 1 aromatic heterocycles. The molecule has 2 nitrogen and oxygen atoms in total. The van der Waals surface area contributed by atoms with Crippen LogP contribution in [0.1, 0.15) is 0 Å². The van der Waals surface area contributed by atoms with Crippen LogP contribution in [0.25, 0.3) is 21.8 Å². The molecule has 0 aliphatic carbocycles. The van der Waals surface area contributed by atoms with Crippen molar-refractivity contribution in [3.63, 3.8) is 0 Å². The van der Waals surface area contributed by atoms with E-state index in [1.54, 1.807) is 12.4 Å². The van der Waals surface area contributed by atoms with Gasteiger partial charge < -0.3 is 0 Å². The van der Waals surface area contributed by atoms with E-state index in [4.69, 9.17) is 0 Å². The zero-order valence-corrected chi connectivity index (χ0v) is 9.82. The predicted octanol–water partition coefficient (Wildman–Crippen LogP) is 3.91. The smallest absolute Gasteiger partial charge is 0.0965 e. The van der Waals surface area contributed by atoms with Gasteiger partial charge in [0.1, 0.15) is 0 Å². The molecule has 0 saturated heterocycles.